The van der Waals surface area contributed by atoms with E-state index in [0.717, 1.165) is 5.69 Å². The van der Waals surface area contributed by atoms with E-state index in [9.17, 15) is 9.59 Å². The van der Waals surface area contributed by atoms with Crippen LogP contribution in [-0.2, 0) is 4.79 Å². The summed E-state index contributed by atoms with van der Waals surface area (Å²) in [6, 6.07) is 8.31. The summed E-state index contributed by atoms with van der Waals surface area (Å²) < 4.78 is 5.23. The van der Waals surface area contributed by atoms with Gasteiger partial charge in [0.15, 0.2) is 0 Å². The van der Waals surface area contributed by atoms with Gasteiger partial charge in [-0.3, -0.25) is 9.59 Å². The summed E-state index contributed by atoms with van der Waals surface area (Å²) >= 11 is 18.6. The molecule has 0 unspecified atom stereocenters. The fourth-order valence-corrected chi connectivity index (χ4v) is 4.11. The second-order valence-corrected chi connectivity index (χ2v) is 7.83. The molecule has 9 heteroatoms. The summed E-state index contributed by atoms with van der Waals surface area (Å²) in [5.74, 6) is -0.0879. The Morgan fingerprint density at radius 1 is 1.00 bits per heavy atom. The van der Waals surface area contributed by atoms with Gasteiger partial charge in [0.05, 0.1) is 28.4 Å². The maximum absolute atomic E-state index is 12.7. The molecule has 2 amide bonds. The number of halogens is 3. The maximum atomic E-state index is 12.7. The number of rotatable bonds is 4. The highest BCUT2D eigenvalue weighted by Crippen LogP contribution is 2.34. The molecular weight excluding hydrogens is 437 g/mol. The highest BCUT2D eigenvalue weighted by Gasteiger charge is 2.21. The van der Waals surface area contributed by atoms with Gasteiger partial charge in [-0.25, -0.2) is 0 Å². The van der Waals surface area contributed by atoms with Gasteiger partial charge in [0.25, 0.3) is 5.91 Å². The van der Waals surface area contributed by atoms with Crippen LogP contribution in [0.3, 0.4) is 0 Å². The number of ether oxygens (including phenoxy) is 1. The molecule has 0 bridgehead atoms. The second kappa shape index (κ2) is 9.11. The third-order valence-electron chi connectivity index (χ3n) is 4.73. The van der Waals surface area contributed by atoms with E-state index in [1.165, 1.54) is 19.2 Å². The number of carbonyl (C=O) groups is 2. The lowest BCUT2D eigenvalue weighted by atomic mass is 10.1. The minimum atomic E-state index is -0.412. The molecule has 3 rings (SSSR count). The van der Waals surface area contributed by atoms with E-state index >= 15 is 0 Å². The van der Waals surface area contributed by atoms with Crippen LogP contribution in [0, 0.1) is 0 Å². The molecule has 2 aromatic carbocycles. The van der Waals surface area contributed by atoms with E-state index in [0.29, 0.717) is 41.9 Å². The predicted molar refractivity (Wildman–Crippen MR) is 117 cm³/mol. The molecule has 154 valence electrons. The normalized spacial score (nSPS) is 14.0. The quantitative estimate of drug-likeness (QED) is 0.732. The third-order valence-corrected chi connectivity index (χ3v) is 5.53. The second-order valence-electron chi connectivity index (χ2n) is 6.58. The number of nitrogens with zero attached hydrogens (tertiary/aromatic N) is 2. The van der Waals surface area contributed by atoms with Crippen LogP contribution in [0.2, 0.25) is 15.1 Å². The SMILES string of the molecule is COc1c(Cl)cc(Cl)cc1C(=O)Nc1ccc(N2CCN(C(C)=O)CC2)c(Cl)c1. The number of amides is 2. The Labute approximate surface area is 184 Å². The number of methoxy groups -OCH3 is 1. The minimum absolute atomic E-state index is 0.0744. The zero-order chi connectivity index (χ0) is 21.1. The zero-order valence-corrected chi connectivity index (χ0v) is 18.2. The number of hydrogen-bond acceptors (Lipinski definition) is 4. The third kappa shape index (κ3) is 4.89. The highest BCUT2D eigenvalue weighted by molar-refractivity contribution is 6.36. The lowest BCUT2D eigenvalue weighted by molar-refractivity contribution is -0.129. The number of piperazine rings is 1. The van der Waals surface area contributed by atoms with Gasteiger partial charge in [-0.1, -0.05) is 34.8 Å². The van der Waals surface area contributed by atoms with Gasteiger partial charge in [-0.15, -0.1) is 0 Å². The first-order valence-corrected chi connectivity index (χ1v) is 10.1. The van der Waals surface area contributed by atoms with Crippen molar-refractivity contribution in [3.05, 3.63) is 51.0 Å². The van der Waals surface area contributed by atoms with Crippen molar-refractivity contribution in [1.82, 2.24) is 4.90 Å². The summed E-state index contributed by atoms with van der Waals surface area (Å²) in [4.78, 5) is 28.1. The molecule has 0 aromatic heterocycles. The van der Waals surface area contributed by atoms with Crippen molar-refractivity contribution in [3.8, 4) is 5.75 Å². The lowest BCUT2D eigenvalue weighted by Crippen LogP contribution is -2.48. The first-order chi connectivity index (χ1) is 13.8. The van der Waals surface area contributed by atoms with Crippen LogP contribution in [0.1, 0.15) is 17.3 Å². The number of hydrogen-bond donors (Lipinski definition) is 1. The van der Waals surface area contributed by atoms with E-state index in [-0.39, 0.29) is 22.2 Å². The largest absolute Gasteiger partial charge is 0.494 e. The zero-order valence-electron chi connectivity index (χ0n) is 16.0. The molecule has 1 heterocycles. The van der Waals surface area contributed by atoms with Gasteiger partial charge in [0, 0.05) is 43.8 Å². The topological polar surface area (TPSA) is 61.9 Å². The summed E-state index contributed by atoms with van der Waals surface area (Å²) in [5, 5.41) is 3.88. The van der Waals surface area contributed by atoms with Crippen molar-refractivity contribution < 1.29 is 14.3 Å². The molecule has 1 aliphatic heterocycles. The van der Waals surface area contributed by atoms with Crippen LogP contribution in [0.15, 0.2) is 30.3 Å². The minimum Gasteiger partial charge on any atom is -0.494 e. The summed E-state index contributed by atoms with van der Waals surface area (Å²) in [6.07, 6.45) is 0. The highest BCUT2D eigenvalue weighted by atomic mass is 35.5. The molecule has 6 nitrogen and oxygen atoms in total. The van der Waals surface area contributed by atoms with E-state index in [4.69, 9.17) is 39.5 Å². The van der Waals surface area contributed by atoms with Gasteiger partial charge in [-0.2, -0.15) is 0 Å². The average molecular weight is 457 g/mol. The molecule has 0 saturated carbocycles. The fourth-order valence-electron chi connectivity index (χ4n) is 3.24. The number of anilines is 2. The molecular formula is C20H20Cl3N3O3. The van der Waals surface area contributed by atoms with E-state index in [2.05, 4.69) is 10.2 Å². The molecule has 0 radical (unpaired) electrons. The van der Waals surface area contributed by atoms with Gasteiger partial charge in [0.1, 0.15) is 5.75 Å². The van der Waals surface area contributed by atoms with Crippen molar-refractivity contribution in [1.29, 1.82) is 0 Å². The van der Waals surface area contributed by atoms with Crippen molar-refractivity contribution >= 4 is 58.0 Å². The van der Waals surface area contributed by atoms with Crippen LogP contribution >= 0.6 is 34.8 Å². The van der Waals surface area contributed by atoms with Crippen LogP contribution in [-0.4, -0.2) is 50.0 Å². The molecule has 0 spiro atoms. The molecule has 1 fully saturated rings. The molecule has 29 heavy (non-hydrogen) atoms. The summed E-state index contributed by atoms with van der Waals surface area (Å²) in [6.45, 7) is 4.27. The molecule has 1 aliphatic rings. The van der Waals surface area contributed by atoms with Crippen molar-refractivity contribution in [2.45, 2.75) is 6.92 Å². The Bertz CT molecular complexity index is 944. The Kier molecular flexibility index (Phi) is 6.77. The van der Waals surface area contributed by atoms with Gasteiger partial charge < -0.3 is 19.9 Å². The number of carbonyl (C=O) groups excluding carboxylic acids is 2. The first-order valence-electron chi connectivity index (χ1n) is 8.94. The van der Waals surface area contributed by atoms with Crippen molar-refractivity contribution in [2.75, 3.05) is 43.5 Å². The molecule has 0 aliphatic carbocycles. The van der Waals surface area contributed by atoms with Crippen molar-refractivity contribution in [3.63, 3.8) is 0 Å². The number of benzene rings is 2. The molecule has 2 aromatic rings. The average Bonchev–Trinajstić information content (AvgIpc) is 2.67. The molecule has 1 N–H and O–H groups in total. The molecule has 1 saturated heterocycles. The van der Waals surface area contributed by atoms with E-state index < -0.39 is 5.91 Å². The monoisotopic (exact) mass is 455 g/mol. The van der Waals surface area contributed by atoms with Gasteiger partial charge in [0.2, 0.25) is 5.91 Å². The Morgan fingerprint density at radius 3 is 2.28 bits per heavy atom. The Morgan fingerprint density at radius 2 is 1.69 bits per heavy atom. The van der Waals surface area contributed by atoms with E-state index in [1.807, 2.05) is 11.0 Å². The fraction of sp³-hybridized carbons (Fsp3) is 0.300. The van der Waals surface area contributed by atoms with Crippen molar-refractivity contribution in [2.24, 2.45) is 0 Å². The van der Waals surface area contributed by atoms with Gasteiger partial charge in [-0.05, 0) is 30.3 Å². The maximum Gasteiger partial charge on any atom is 0.259 e. The summed E-state index contributed by atoms with van der Waals surface area (Å²) in [7, 11) is 1.43. The van der Waals surface area contributed by atoms with Crippen LogP contribution < -0.4 is 15.0 Å². The first kappa shape index (κ1) is 21.6. The van der Waals surface area contributed by atoms with E-state index in [1.54, 1.807) is 19.1 Å². The smallest absolute Gasteiger partial charge is 0.259 e. The standard InChI is InChI=1S/C20H20Cl3N3O3/c1-12(27)25-5-7-26(8-6-25)18-4-3-14(11-16(18)22)24-20(28)15-9-13(21)10-17(23)19(15)29-2/h3-4,9-11H,5-8H2,1-2H3,(H,24,28). The Balaban J connectivity index is 1.75. The summed E-state index contributed by atoms with van der Waals surface area (Å²) in [5.41, 5.74) is 1.62. The predicted octanol–water partition coefficient (Wildman–Crippen LogP) is 4.58. The molecule has 0 atom stereocenters. The van der Waals surface area contributed by atoms with Gasteiger partial charge >= 0.3 is 0 Å². The lowest BCUT2D eigenvalue weighted by Gasteiger charge is -2.36. The van der Waals surface area contributed by atoms with Crippen LogP contribution in [0.4, 0.5) is 11.4 Å². The Hall–Kier alpha value is -2.15. The van der Waals surface area contributed by atoms with Crippen LogP contribution in [0.25, 0.3) is 0 Å². The number of nitrogens with one attached hydrogen (secondary N) is 1. The van der Waals surface area contributed by atoms with Crippen LogP contribution in [0.5, 0.6) is 5.75 Å².